The van der Waals surface area contributed by atoms with Gasteiger partial charge in [-0.15, -0.1) is 5.10 Å². The van der Waals surface area contributed by atoms with E-state index in [1.54, 1.807) is 13.2 Å². The maximum atomic E-state index is 13.6. The zero-order valence-corrected chi connectivity index (χ0v) is 27.5. The molecule has 6 rings (SSSR count). The van der Waals surface area contributed by atoms with Crippen molar-refractivity contribution in [3.05, 3.63) is 81.7 Å². The molecule has 246 valence electrons. The maximum absolute atomic E-state index is 13.6. The van der Waals surface area contributed by atoms with Crippen LogP contribution in [0, 0.1) is 0 Å². The smallest absolute Gasteiger partial charge is 0.321 e. The molecule has 0 aliphatic carbocycles. The minimum absolute atomic E-state index is 0.0870. The Balaban J connectivity index is 1.14. The van der Waals surface area contributed by atoms with Crippen LogP contribution in [-0.2, 0) is 20.1 Å². The van der Waals surface area contributed by atoms with Crippen LogP contribution in [0.4, 0.5) is 16.3 Å². The normalized spacial score (nSPS) is 16.7. The fourth-order valence-electron chi connectivity index (χ4n) is 6.12. The van der Waals surface area contributed by atoms with E-state index in [-0.39, 0.29) is 29.5 Å². The van der Waals surface area contributed by atoms with E-state index in [1.165, 1.54) is 10.8 Å². The molecule has 0 radical (unpaired) electrons. The summed E-state index contributed by atoms with van der Waals surface area (Å²) in [5.74, 6) is 1.05. The van der Waals surface area contributed by atoms with Crippen molar-refractivity contribution in [2.24, 2.45) is 7.05 Å². The first-order valence-corrected chi connectivity index (χ1v) is 15.9. The summed E-state index contributed by atoms with van der Waals surface area (Å²) in [5, 5.41) is 18.7. The van der Waals surface area contributed by atoms with Gasteiger partial charge in [0.2, 0.25) is 0 Å². The lowest BCUT2D eigenvalue weighted by molar-refractivity contribution is 0.0944. The van der Waals surface area contributed by atoms with E-state index in [1.807, 2.05) is 46.0 Å². The van der Waals surface area contributed by atoms with Crippen LogP contribution in [0.2, 0.25) is 0 Å². The number of amides is 3. The summed E-state index contributed by atoms with van der Waals surface area (Å²) in [7, 11) is 3.71. The van der Waals surface area contributed by atoms with Gasteiger partial charge in [0.1, 0.15) is 12.0 Å². The summed E-state index contributed by atoms with van der Waals surface area (Å²) in [6.07, 6.45) is 2.86. The summed E-state index contributed by atoms with van der Waals surface area (Å²) in [6.45, 7) is 10.9. The highest BCUT2D eigenvalue weighted by molar-refractivity contribution is 5.94. The van der Waals surface area contributed by atoms with E-state index >= 15 is 0 Å². The van der Waals surface area contributed by atoms with Gasteiger partial charge in [-0.3, -0.25) is 18.8 Å². The van der Waals surface area contributed by atoms with Gasteiger partial charge >= 0.3 is 6.03 Å². The van der Waals surface area contributed by atoms with Gasteiger partial charge in [-0.2, -0.15) is 10.2 Å². The molecular formula is C33H41N11O3. The lowest BCUT2D eigenvalue weighted by Crippen LogP contribution is -2.48. The van der Waals surface area contributed by atoms with Gasteiger partial charge < -0.3 is 25.3 Å². The van der Waals surface area contributed by atoms with Crippen molar-refractivity contribution in [2.75, 3.05) is 50.0 Å². The SMILES string of the molecule is CC(C)n1nc(C(=O)NCc2ccc(NC(=O)N3CCN(C)CC3)cc2)c2c1[C@@H](C)CN(c1ccc(-c3nncc(=O)n3C)cn1)C2. The van der Waals surface area contributed by atoms with Crippen molar-refractivity contribution in [2.45, 2.75) is 45.8 Å². The van der Waals surface area contributed by atoms with Crippen LogP contribution in [0.15, 0.2) is 53.6 Å². The van der Waals surface area contributed by atoms with Crippen LogP contribution < -0.4 is 21.1 Å². The van der Waals surface area contributed by atoms with Crippen molar-refractivity contribution in [3.8, 4) is 11.4 Å². The highest BCUT2D eigenvalue weighted by atomic mass is 16.2. The van der Waals surface area contributed by atoms with Crippen molar-refractivity contribution in [1.29, 1.82) is 0 Å². The Bertz CT molecular complexity index is 1810. The number of rotatable bonds is 7. The second kappa shape index (κ2) is 13.3. The van der Waals surface area contributed by atoms with Gasteiger partial charge in [-0.25, -0.2) is 9.78 Å². The number of pyridine rings is 1. The van der Waals surface area contributed by atoms with E-state index in [0.29, 0.717) is 55.5 Å². The van der Waals surface area contributed by atoms with E-state index in [2.05, 4.69) is 63.4 Å². The van der Waals surface area contributed by atoms with Gasteiger partial charge in [0, 0.05) is 93.5 Å². The lowest BCUT2D eigenvalue weighted by atomic mass is 9.95. The third kappa shape index (κ3) is 6.73. The number of nitrogens with one attached hydrogen (secondary N) is 2. The van der Waals surface area contributed by atoms with Gasteiger partial charge in [-0.05, 0) is 50.7 Å². The van der Waals surface area contributed by atoms with Crippen molar-refractivity contribution >= 4 is 23.4 Å². The number of urea groups is 1. The Hall–Kier alpha value is -5.11. The highest BCUT2D eigenvalue weighted by Crippen LogP contribution is 2.34. The van der Waals surface area contributed by atoms with Crippen LogP contribution >= 0.6 is 0 Å². The number of carbonyl (C=O) groups is 2. The zero-order chi connectivity index (χ0) is 33.2. The molecule has 2 aliphatic heterocycles. The van der Waals surface area contributed by atoms with Crippen LogP contribution in [0.5, 0.6) is 0 Å². The third-order valence-electron chi connectivity index (χ3n) is 8.81. The predicted octanol–water partition coefficient (Wildman–Crippen LogP) is 2.85. The number of fused-ring (bicyclic) bond motifs is 1. The monoisotopic (exact) mass is 639 g/mol. The Morgan fingerprint density at radius 3 is 2.43 bits per heavy atom. The first-order valence-electron chi connectivity index (χ1n) is 15.9. The molecule has 1 aromatic carbocycles. The number of hydrogen-bond donors (Lipinski definition) is 2. The summed E-state index contributed by atoms with van der Waals surface area (Å²) in [6, 6.07) is 11.3. The van der Waals surface area contributed by atoms with E-state index in [9.17, 15) is 14.4 Å². The molecule has 3 aromatic heterocycles. The molecule has 14 nitrogen and oxygen atoms in total. The molecule has 0 spiro atoms. The molecule has 4 aromatic rings. The first-order chi connectivity index (χ1) is 22.6. The molecule has 47 heavy (non-hydrogen) atoms. The minimum atomic E-state index is -0.244. The topological polar surface area (TPSA) is 146 Å². The third-order valence-corrected chi connectivity index (χ3v) is 8.81. The van der Waals surface area contributed by atoms with Crippen LogP contribution in [0.1, 0.15) is 60.0 Å². The van der Waals surface area contributed by atoms with Gasteiger partial charge in [0.15, 0.2) is 11.5 Å². The Labute approximate surface area is 273 Å². The standard InChI is InChI=1S/C33H41N11O3/c1-21(2)44-30-22(3)19-43(27-11-8-24(17-34-27)31-38-36-18-28(45)41(31)5)20-26(30)29(39-44)32(46)35-16-23-6-9-25(10-7-23)37-33(47)42-14-12-40(4)13-15-42/h6-11,17-18,21-22H,12-16,19-20H2,1-5H3,(H,35,46)(H,37,47)/t22-/m0/s1. The largest absolute Gasteiger partial charge is 0.351 e. The number of anilines is 2. The average Bonchev–Trinajstić information content (AvgIpc) is 3.47. The molecule has 1 fully saturated rings. The first kappa shape index (κ1) is 31.9. The molecule has 2 aliphatic rings. The highest BCUT2D eigenvalue weighted by Gasteiger charge is 2.33. The van der Waals surface area contributed by atoms with Gasteiger partial charge in [-0.1, -0.05) is 19.1 Å². The number of carbonyl (C=O) groups excluding carboxylic acids is 2. The second-order valence-corrected chi connectivity index (χ2v) is 12.6. The summed E-state index contributed by atoms with van der Waals surface area (Å²) < 4.78 is 3.40. The number of hydrogen-bond acceptors (Lipinski definition) is 9. The van der Waals surface area contributed by atoms with Crippen molar-refractivity contribution < 1.29 is 9.59 Å². The van der Waals surface area contributed by atoms with Crippen LogP contribution in [0.3, 0.4) is 0 Å². The number of aromatic nitrogens is 6. The van der Waals surface area contributed by atoms with Crippen LogP contribution in [0.25, 0.3) is 11.4 Å². The van der Waals surface area contributed by atoms with E-state index < -0.39 is 0 Å². The lowest BCUT2D eigenvalue weighted by Gasteiger charge is -2.33. The summed E-state index contributed by atoms with van der Waals surface area (Å²) in [5.41, 5.74) is 4.43. The molecule has 2 N–H and O–H groups in total. The predicted molar refractivity (Wildman–Crippen MR) is 178 cm³/mol. The molecule has 0 unspecified atom stereocenters. The Kier molecular flexibility index (Phi) is 9.03. The molecule has 3 amide bonds. The second-order valence-electron chi connectivity index (χ2n) is 12.6. The van der Waals surface area contributed by atoms with Gasteiger partial charge in [0.05, 0.1) is 0 Å². The van der Waals surface area contributed by atoms with Crippen molar-refractivity contribution in [1.82, 2.24) is 44.6 Å². The fraction of sp³-hybridized carbons (Fsp3) is 0.424. The molecule has 14 heteroatoms. The quantitative estimate of drug-likeness (QED) is 0.312. The zero-order valence-electron chi connectivity index (χ0n) is 27.5. The van der Waals surface area contributed by atoms with E-state index in [4.69, 9.17) is 5.10 Å². The van der Waals surface area contributed by atoms with E-state index in [0.717, 1.165) is 35.7 Å². The van der Waals surface area contributed by atoms with Crippen molar-refractivity contribution in [3.63, 3.8) is 0 Å². The number of nitrogens with zero attached hydrogens (tertiary/aromatic N) is 9. The summed E-state index contributed by atoms with van der Waals surface area (Å²) in [4.78, 5) is 49.1. The summed E-state index contributed by atoms with van der Waals surface area (Å²) >= 11 is 0. The van der Waals surface area contributed by atoms with Crippen LogP contribution in [-0.4, -0.2) is 91.0 Å². The maximum Gasteiger partial charge on any atom is 0.321 e. The average molecular weight is 640 g/mol. The van der Waals surface area contributed by atoms with Gasteiger partial charge in [0.25, 0.3) is 11.5 Å². The number of likely N-dealkylation sites (N-methyl/N-ethyl adjacent to an activating group) is 1. The molecular weight excluding hydrogens is 598 g/mol. The molecule has 0 saturated carbocycles. The molecule has 1 saturated heterocycles. The fourth-order valence-corrected chi connectivity index (χ4v) is 6.12. The minimum Gasteiger partial charge on any atom is -0.351 e. The molecule has 1 atom stereocenters. The Morgan fingerprint density at radius 2 is 1.74 bits per heavy atom. The number of benzene rings is 1. The molecule has 0 bridgehead atoms. The molecule has 5 heterocycles. The Morgan fingerprint density at radius 1 is 1.00 bits per heavy atom. The number of piperazine rings is 1.